The summed E-state index contributed by atoms with van der Waals surface area (Å²) >= 11 is 0. The van der Waals surface area contributed by atoms with Gasteiger partial charge in [0.25, 0.3) is 0 Å². The molecular weight excluding hydrogens is 260 g/mol. The van der Waals surface area contributed by atoms with Gasteiger partial charge in [-0.05, 0) is 32.1 Å². The number of anilines is 2. The molecule has 4 nitrogen and oxygen atoms in total. The molecule has 118 valence electrons. The Hall–Kier alpha value is -1.32. The number of unbranched alkanes of at least 4 members (excludes halogenated alkanes) is 1. The normalized spacial score (nSPS) is 15.8. The smallest absolute Gasteiger partial charge is 0.136 e. The lowest BCUT2D eigenvalue weighted by molar-refractivity contribution is 0.472. The lowest BCUT2D eigenvalue weighted by Gasteiger charge is -2.16. The second kappa shape index (κ2) is 8.20. The van der Waals surface area contributed by atoms with Crippen LogP contribution in [0.4, 0.5) is 11.6 Å². The van der Waals surface area contributed by atoms with Crippen molar-refractivity contribution in [3.05, 3.63) is 11.9 Å². The van der Waals surface area contributed by atoms with Crippen molar-refractivity contribution in [3.8, 4) is 0 Å². The Balaban J connectivity index is 1.97. The third-order valence-corrected chi connectivity index (χ3v) is 4.16. The van der Waals surface area contributed by atoms with E-state index in [0.29, 0.717) is 5.92 Å². The van der Waals surface area contributed by atoms with E-state index in [4.69, 9.17) is 4.98 Å². The monoisotopic (exact) mass is 290 g/mol. The average Bonchev–Trinajstić information content (AvgIpc) is 3.32. The summed E-state index contributed by atoms with van der Waals surface area (Å²) in [7, 11) is 0. The van der Waals surface area contributed by atoms with Crippen molar-refractivity contribution >= 4 is 11.6 Å². The highest BCUT2D eigenvalue weighted by molar-refractivity contribution is 5.48. The highest BCUT2D eigenvalue weighted by Gasteiger charge is 2.27. The van der Waals surface area contributed by atoms with Gasteiger partial charge in [0.05, 0.1) is 0 Å². The fourth-order valence-corrected chi connectivity index (χ4v) is 2.54. The quantitative estimate of drug-likeness (QED) is 0.670. The van der Waals surface area contributed by atoms with Gasteiger partial charge in [0, 0.05) is 25.1 Å². The molecule has 0 bridgehead atoms. The molecule has 0 aliphatic heterocycles. The summed E-state index contributed by atoms with van der Waals surface area (Å²) < 4.78 is 0. The summed E-state index contributed by atoms with van der Waals surface area (Å²) in [4.78, 5) is 9.32. The van der Waals surface area contributed by atoms with Crippen molar-refractivity contribution in [3.63, 3.8) is 0 Å². The molecule has 1 unspecified atom stereocenters. The van der Waals surface area contributed by atoms with Crippen molar-refractivity contribution in [2.75, 3.05) is 23.7 Å². The van der Waals surface area contributed by atoms with E-state index in [1.165, 1.54) is 38.5 Å². The Morgan fingerprint density at radius 3 is 2.43 bits per heavy atom. The van der Waals surface area contributed by atoms with E-state index in [1.807, 2.05) is 6.07 Å². The van der Waals surface area contributed by atoms with Crippen LogP contribution >= 0.6 is 0 Å². The van der Waals surface area contributed by atoms with Gasteiger partial charge in [0.1, 0.15) is 17.5 Å². The minimum absolute atomic E-state index is 0.589. The molecular formula is C17H30N4. The topological polar surface area (TPSA) is 49.8 Å². The SMILES string of the molecule is CCCCC(CC)CNc1cc(NCC)nc(C2CC2)n1. The maximum atomic E-state index is 4.70. The first-order valence-electron chi connectivity index (χ1n) is 8.63. The van der Waals surface area contributed by atoms with Gasteiger partial charge in [-0.3, -0.25) is 0 Å². The zero-order chi connectivity index (χ0) is 15.1. The first kappa shape index (κ1) is 16.1. The van der Waals surface area contributed by atoms with Crippen LogP contribution in [0.3, 0.4) is 0 Å². The van der Waals surface area contributed by atoms with E-state index in [2.05, 4.69) is 36.4 Å². The number of nitrogens with one attached hydrogen (secondary N) is 2. The first-order valence-corrected chi connectivity index (χ1v) is 8.63. The average molecular weight is 290 g/mol. The molecule has 0 spiro atoms. The number of hydrogen-bond donors (Lipinski definition) is 2. The molecule has 1 aliphatic rings. The van der Waals surface area contributed by atoms with Crippen LogP contribution in [0, 0.1) is 5.92 Å². The molecule has 1 atom stereocenters. The molecule has 0 saturated heterocycles. The van der Waals surface area contributed by atoms with Crippen molar-refractivity contribution in [2.24, 2.45) is 5.92 Å². The summed E-state index contributed by atoms with van der Waals surface area (Å²) in [6.07, 6.45) is 7.61. The molecule has 0 radical (unpaired) electrons. The van der Waals surface area contributed by atoms with Gasteiger partial charge >= 0.3 is 0 Å². The van der Waals surface area contributed by atoms with Gasteiger partial charge in [0.2, 0.25) is 0 Å². The largest absolute Gasteiger partial charge is 0.370 e. The predicted octanol–water partition coefficient (Wildman–Crippen LogP) is 4.41. The predicted molar refractivity (Wildman–Crippen MR) is 90.0 cm³/mol. The fraction of sp³-hybridized carbons (Fsp3) is 0.765. The number of hydrogen-bond acceptors (Lipinski definition) is 4. The Labute approximate surface area is 129 Å². The molecule has 1 aromatic rings. The van der Waals surface area contributed by atoms with Crippen molar-refractivity contribution in [1.29, 1.82) is 0 Å². The highest BCUT2D eigenvalue weighted by atomic mass is 15.1. The Morgan fingerprint density at radius 2 is 1.86 bits per heavy atom. The van der Waals surface area contributed by atoms with Crippen LogP contribution in [-0.4, -0.2) is 23.1 Å². The van der Waals surface area contributed by atoms with Crippen LogP contribution < -0.4 is 10.6 Å². The number of rotatable bonds is 10. The maximum Gasteiger partial charge on any atom is 0.136 e. The lowest BCUT2D eigenvalue weighted by atomic mass is 9.99. The molecule has 1 aliphatic carbocycles. The Kier molecular flexibility index (Phi) is 6.27. The van der Waals surface area contributed by atoms with Crippen LogP contribution in [0.1, 0.15) is 71.0 Å². The van der Waals surface area contributed by atoms with Gasteiger partial charge in [-0.2, -0.15) is 0 Å². The van der Waals surface area contributed by atoms with Crippen molar-refractivity contribution in [2.45, 2.75) is 65.2 Å². The van der Waals surface area contributed by atoms with Crippen molar-refractivity contribution < 1.29 is 0 Å². The van der Waals surface area contributed by atoms with Gasteiger partial charge in [-0.25, -0.2) is 9.97 Å². The molecule has 21 heavy (non-hydrogen) atoms. The van der Waals surface area contributed by atoms with E-state index < -0.39 is 0 Å². The van der Waals surface area contributed by atoms with E-state index in [1.54, 1.807) is 0 Å². The second-order valence-corrected chi connectivity index (χ2v) is 6.10. The summed E-state index contributed by atoms with van der Waals surface area (Å²) in [5.74, 6) is 4.28. The van der Waals surface area contributed by atoms with Crippen LogP contribution in [0.2, 0.25) is 0 Å². The standard InChI is InChI=1S/C17H30N4/c1-4-7-8-13(5-2)12-19-16-11-15(18-6-3)20-17(21-16)14-9-10-14/h11,13-14H,4-10,12H2,1-3H3,(H2,18,19,20,21). The van der Waals surface area contributed by atoms with E-state index in [9.17, 15) is 0 Å². The van der Waals surface area contributed by atoms with Crippen LogP contribution in [-0.2, 0) is 0 Å². The first-order chi connectivity index (χ1) is 10.3. The van der Waals surface area contributed by atoms with E-state index >= 15 is 0 Å². The molecule has 1 heterocycles. The third-order valence-electron chi connectivity index (χ3n) is 4.16. The molecule has 2 rings (SSSR count). The van der Waals surface area contributed by atoms with E-state index in [0.717, 1.165) is 36.5 Å². The number of aromatic nitrogens is 2. The third kappa shape index (κ3) is 5.18. The Morgan fingerprint density at radius 1 is 1.14 bits per heavy atom. The molecule has 1 fully saturated rings. The summed E-state index contributed by atoms with van der Waals surface area (Å²) in [5, 5.41) is 6.85. The minimum atomic E-state index is 0.589. The zero-order valence-electron chi connectivity index (χ0n) is 13.8. The maximum absolute atomic E-state index is 4.70. The summed E-state index contributed by atoms with van der Waals surface area (Å²) in [6, 6.07) is 2.04. The lowest BCUT2D eigenvalue weighted by Crippen LogP contribution is -2.15. The molecule has 0 amide bonds. The van der Waals surface area contributed by atoms with Gasteiger partial charge in [-0.15, -0.1) is 0 Å². The summed E-state index contributed by atoms with van der Waals surface area (Å²) in [6.45, 7) is 8.55. The van der Waals surface area contributed by atoms with Crippen molar-refractivity contribution in [1.82, 2.24) is 9.97 Å². The number of nitrogens with zero attached hydrogens (tertiary/aromatic N) is 2. The molecule has 1 saturated carbocycles. The molecule has 1 aromatic heterocycles. The molecule has 4 heteroatoms. The molecule has 2 N–H and O–H groups in total. The fourth-order valence-electron chi connectivity index (χ4n) is 2.54. The Bertz CT molecular complexity index is 429. The minimum Gasteiger partial charge on any atom is -0.370 e. The van der Waals surface area contributed by atoms with Crippen LogP contribution in [0.5, 0.6) is 0 Å². The van der Waals surface area contributed by atoms with Crippen LogP contribution in [0.15, 0.2) is 6.07 Å². The van der Waals surface area contributed by atoms with Crippen LogP contribution in [0.25, 0.3) is 0 Å². The van der Waals surface area contributed by atoms with E-state index in [-0.39, 0.29) is 0 Å². The van der Waals surface area contributed by atoms with Gasteiger partial charge < -0.3 is 10.6 Å². The highest BCUT2D eigenvalue weighted by Crippen LogP contribution is 2.38. The second-order valence-electron chi connectivity index (χ2n) is 6.10. The molecule has 0 aromatic carbocycles. The summed E-state index contributed by atoms with van der Waals surface area (Å²) in [5.41, 5.74) is 0. The zero-order valence-corrected chi connectivity index (χ0v) is 13.8. The van der Waals surface area contributed by atoms with Gasteiger partial charge in [0.15, 0.2) is 0 Å². The van der Waals surface area contributed by atoms with Gasteiger partial charge in [-0.1, -0.05) is 33.1 Å².